The van der Waals surface area contributed by atoms with Crippen LogP contribution in [-0.4, -0.2) is 38.2 Å². The molecular formula is C10H21NO3S. The highest BCUT2D eigenvalue weighted by atomic mass is 32.2. The van der Waals surface area contributed by atoms with Crippen molar-refractivity contribution in [2.45, 2.75) is 31.7 Å². The van der Waals surface area contributed by atoms with E-state index in [4.69, 9.17) is 5.73 Å². The predicted molar refractivity (Wildman–Crippen MR) is 60.2 cm³/mol. The lowest BCUT2D eigenvalue weighted by Gasteiger charge is -2.31. The van der Waals surface area contributed by atoms with Crippen LogP contribution in [-0.2, 0) is 9.84 Å². The van der Waals surface area contributed by atoms with Gasteiger partial charge in [0.25, 0.3) is 0 Å². The van der Waals surface area contributed by atoms with Gasteiger partial charge < -0.3 is 10.8 Å². The molecule has 0 bridgehead atoms. The van der Waals surface area contributed by atoms with Gasteiger partial charge in [-0.3, -0.25) is 0 Å². The minimum Gasteiger partial charge on any atom is -0.396 e. The molecule has 15 heavy (non-hydrogen) atoms. The molecule has 0 spiro atoms. The first-order valence-corrected chi connectivity index (χ1v) is 7.52. The molecule has 1 unspecified atom stereocenters. The first-order chi connectivity index (χ1) is 6.92. The van der Waals surface area contributed by atoms with Gasteiger partial charge in [-0.1, -0.05) is 0 Å². The summed E-state index contributed by atoms with van der Waals surface area (Å²) in [5.41, 5.74) is 5.79. The lowest BCUT2D eigenvalue weighted by Crippen LogP contribution is -2.33. The van der Waals surface area contributed by atoms with Crippen LogP contribution >= 0.6 is 0 Å². The Kier molecular flexibility index (Phi) is 4.55. The molecule has 1 aliphatic carbocycles. The summed E-state index contributed by atoms with van der Waals surface area (Å²) >= 11 is 0. The van der Waals surface area contributed by atoms with E-state index in [1.165, 1.54) is 6.26 Å². The van der Waals surface area contributed by atoms with Gasteiger partial charge >= 0.3 is 0 Å². The van der Waals surface area contributed by atoms with Crippen molar-refractivity contribution < 1.29 is 13.5 Å². The standard InChI is InChI=1S/C10H21NO3S/c1-15(13,14)7-9(6-12)8-2-4-10(11)5-3-8/h8-10,12H,2-7,11H2,1H3/t8-,9?,10-. The van der Waals surface area contributed by atoms with E-state index in [9.17, 15) is 13.5 Å². The molecule has 3 N–H and O–H groups in total. The van der Waals surface area contributed by atoms with Crippen molar-refractivity contribution in [3.05, 3.63) is 0 Å². The first-order valence-electron chi connectivity index (χ1n) is 5.46. The maximum atomic E-state index is 11.2. The number of sulfone groups is 1. The molecule has 0 heterocycles. The fraction of sp³-hybridized carbons (Fsp3) is 1.00. The van der Waals surface area contributed by atoms with Crippen molar-refractivity contribution in [3.8, 4) is 0 Å². The highest BCUT2D eigenvalue weighted by Gasteiger charge is 2.28. The lowest BCUT2D eigenvalue weighted by atomic mass is 9.79. The predicted octanol–water partition coefficient (Wildman–Crippen LogP) is 0.157. The molecule has 0 aliphatic heterocycles. The van der Waals surface area contributed by atoms with Gasteiger partial charge in [-0.05, 0) is 37.5 Å². The number of hydrogen-bond acceptors (Lipinski definition) is 4. The van der Waals surface area contributed by atoms with E-state index in [-0.39, 0.29) is 24.3 Å². The van der Waals surface area contributed by atoms with E-state index in [2.05, 4.69) is 0 Å². The highest BCUT2D eigenvalue weighted by Crippen LogP contribution is 2.30. The van der Waals surface area contributed by atoms with Gasteiger partial charge in [-0.15, -0.1) is 0 Å². The Balaban J connectivity index is 2.52. The molecule has 90 valence electrons. The molecule has 0 saturated heterocycles. The summed E-state index contributed by atoms with van der Waals surface area (Å²) in [4.78, 5) is 0. The second kappa shape index (κ2) is 5.27. The van der Waals surface area contributed by atoms with Crippen LogP contribution < -0.4 is 5.73 Å². The fourth-order valence-electron chi connectivity index (χ4n) is 2.34. The van der Waals surface area contributed by atoms with E-state index in [1.54, 1.807) is 0 Å². The third-order valence-corrected chi connectivity index (χ3v) is 4.27. The normalized spacial score (nSPS) is 30.1. The molecule has 1 aliphatic rings. The highest BCUT2D eigenvalue weighted by molar-refractivity contribution is 7.90. The topological polar surface area (TPSA) is 80.4 Å². The first kappa shape index (κ1) is 12.9. The van der Waals surface area contributed by atoms with Crippen molar-refractivity contribution >= 4 is 9.84 Å². The number of rotatable bonds is 4. The van der Waals surface area contributed by atoms with Crippen molar-refractivity contribution in [3.63, 3.8) is 0 Å². The summed E-state index contributed by atoms with van der Waals surface area (Å²) in [6, 6.07) is 0.263. The third kappa shape index (κ3) is 4.49. The Labute approximate surface area is 91.8 Å². The van der Waals surface area contributed by atoms with Crippen LogP contribution in [0.2, 0.25) is 0 Å². The average Bonchev–Trinajstić information content (AvgIpc) is 2.14. The van der Waals surface area contributed by atoms with Crippen molar-refractivity contribution in [2.24, 2.45) is 17.6 Å². The SMILES string of the molecule is CS(=O)(=O)CC(CO)[C@H]1CC[C@H](N)CC1. The van der Waals surface area contributed by atoms with E-state index in [1.807, 2.05) is 0 Å². The minimum atomic E-state index is -2.99. The lowest BCUT2D eigenvalue weighted by molar-refractivity contribution is 0.157. The maximum Gasteiger partial charge on any atom is 0.147 e. The van der Waals surface area contributed by atoms with Crippen LogP contribution in [0.1, 0.15) is 25.7 Å². The summed E-state index contributed by atoms with van der Waals surface area (Å²) < 4.78 is 22.3. The van der Waals surface area contributed by atoms with Crippen LogP contribution in [0.25, 0.3) is 0 Å². The number of hydrogen-bond donors (Lipinski definition) is 2. The van der Waals surface area contributed by atoms with Gasteiger partial charge in [0.2, 0.25) is 0 Å². The van der Waals surface area contributed by atoms with Gasteiger partial charge in [0, 0.05) is 18.9 Å². The molecule has 5 heteroatoms. The van der Waals surface area contributed by atoms with E-state index >= 15 is 0 Å². The summed E-state index contributed by atoms with van der Waals surface area (Å²) in [7, 11) is -2.99. The molecule has 4 nitrogen and oxygen atoms in total. The van der Waals surface area contributed by atoms with Gasteiger partial charge in [0.05, 0.1) is 5.75 Å². The molecule has 0 amide bonds. The van der Waals surface area contributed by atoms with Gasteiger partial charge in [0.1, 0.15) is 9.84 Å². The second-order valence-corrected chi connectivity index (χ2v) is 6.89. The zero-order valence-electron chi connectivity index (χ0n) is 9.22. The Morgan fingerprint density at radius 2 is 1.87 bits per heavy atom. The molecule has 0 aromatic carbocycles. The minimum absolute atomic E-state index is 0.0347. The van der Waals surface area contributed by atoms with Crippen molar-refractivity contribution in [1.29, 1.82) is 0 Å². The van der Waals surface area contributed by atoms with Crippen LogP contribution in [0.3, 0.4) is 0 Å². The van der Waals surface area contributed by atoms with Crippen LogP contribution in [0, 0.1) is 11.8 Å². The van der Waals surface area contributed by atoms with E-state index in [0.717, 1.165) is 25.7 Å². The smallest absolute Gasteiger partial charge is 0.147 e. The Hall–Kier alpha value is -0.130. The Bertz CT molecular complexity index is 281. The molecule has 0 radical (unpaired) electrons. The zero-order valence-corrected chi connectivity index (χ0v) is 10.0. The Morgan fingerprint density at radius 3 is 2.27 bits per heavy atom. The summed E-state index contributed by atoms with van der Waals surface area (Å²) in [5, 5.41) is 9.21. The van der Waals surface area contributed by atoms with E-state index in [0.29, 0.717) is 5.92 Å². The molecule has 1 fully saturated rings. The van der Waals surface area contributed by atoms with E-state index < -0.39 is 9.84 Å². The summed E-state index contributed by atoms with van der Waals surface area (Å²) in [6.45, 7) is -0.0347. The monoisotopic (exact) mass is 235 g/mol. The van der Waals surface area contributed by atoms with Crippen molar-refractivity contribution in [2.75, 3.05) is 18.6 Å². The summed E-state index contributed by atoms with van der Waals surface area (Å²) in [5.74, 6) is 0.320. The van der Waals surface area contributed by atoms with Gasteiger partial charge in [-0.25, -0.2) is 8.42 Å². The molecule has 0 aromatic heterocycles. The van der Waals surface area contributed by atoms with Gasteiger partial charge in [0.15, 0.2) is 0 Å². The zero-order chi connectivity index (χ0) is 11.5. The molecule has 1 rings (SSSR count). The number of aliphatic hydroxyl groups excluding tert-OH is 1. The van der Waals surface area contributed by atoms with Crippen LogP contribution in [0.15, 0.2) is 0 Å². The second-order valence-electron chi connectivity index (χ2n) is 4.71. The van der Waals surface area contributed by atoms with Crippen molar-refractivity contribution in [1.82, 2.24) is 0 Å². The molecule has 1 atom stereocenters. The third-order valence-electron chi connectivity index (χ3n) is 3.23. The molecule has 1 saturated carbocycles. The summed E-state index contributed by atoms with van der Waals surface area (Å²) in [6.07, 6.45) is 5.02. The quantitative estimate of drug-likeness (QED) is 0.727. The fourth-order valence-corrected chi connectivity index (χ4v) is 3.50. The molecule has 0 aromatic rings. The number of nitrogens with two attached hydrogens (primary N) is 1. The van der Waals surface area contributed by atoms with Crippen LogP contribution in [0.5, 0.6) is 0 Å². The number of aliphatic hydroxyl groups is 1. The maximum absolute atomic E-state index is 11.2. The largest absolute Gasteiger partial charge is 0.396 e. The molecular weight excluding hydrogens is 214 g/mol. The Morgan fingerprint density at radius 1 is 1.33 bits per heavy atom. The average molecular weight is 235 g/mol. The van der Waals surface area contributed by atoms with Crippen LogP contribution in [0.4, 0.5) is 0 Å². The van der Waals surface area contributed by atoms with Gasteiger partial charge in [-0.2, -0.15) is 0 Å².